The largest absolute Gasteiger partial charge is 0.378 e. The van der Waals surface area contributed by atoms with Crippen LogP contribution in [0.4, 0.5) is 0 Å². The molecule has 2 aromatic rings. The monoisotopic (exact) mass is 373 g/mol. The van der Waals surface area contributed by atoms with Gasteiger partial charge in [-0.2, -0.15) is 0 Å². The van der Waals surface area contributed by atoms with Gasteiger partial charge in [0.1, 0.15) is 5.65 Å². The second-order valence-electron chi connectivity index (χ2n) is 7.92. The van der Waals surface area contributed by atoms with Crippen LogP contribution in [0.2, 0.25) is 0 Å². The molecule has 0 radical (unpaired) electrons. The lowest BCUT2D eigenvalue weighted by Gasteiger charge is -2.29. The highest BCUT2D eigenvalue weighted by Crippen LogP contribution is 2.23. The van der Waals surface area contributed by atoms with Gasteiger partial charge in [0.15, 0.2) is 0 Å². The van der Waals surface area contributed by atoms with Crippen molar-refractivity contribution in [1.29, 1.82) is 0 Å². The summed E-state index contributed by atoms with van der Waals surface area (Å²) >= 11 is 0. The molecule has 0 atom stereocenters. The van der Waals surface area contributed by atoms with Crippen LogP contribution in [0.1, 0.15) is 61.3 Å². The highest BCUT2D eigenvalue weighted by molar-refractivity contribution is 6.00. The van der Waals surface area contributed by atoms with Gasteiger partial charge in [-0.05, 0) is 50.7 Å². The average Bonchev–Trinajstić information content (AvgIpc) is 3.06. The molecule has 1 amide bonds. The Bertz CT molecular complexity index is 776. The molecule has 2 heterocycles. The third-order valence-electron chi connectivity index (χ3n) is 5.08. The van der Waals surface area contributed by atoms with E-state index in [4.69, 9.17) is 9.47 Å². The van der Waals surface area contributed by atoms with E-state index in [1.807, 2.05) is 29.7 Å². The zero-order valence-corrected chi connectivity index (χ0v) is 16.8. The lowest BCUT2D eigenvalue weighted by Crippen LogP contribution is -2.39. The first-order chi connectivity index (χ1) is 13.0. The first kappa shape index (κ1) is 19.8. The standard InChI is InChI=1S/C21H31N3O3/c1-14(2)12-27-18-7-5-16(6-8-18)23-21(25)19-9-10-24-15(3)11-17(13-26-4)22-20(19)24/h9-11,14,16,18H,5-8,12-13H2,1-4H3,(H,23,25)/t16-,18-. The molecule has 6 nitrogen and oxygen atoms in total. The van der Waals surface area contributed by atoms with Crippen LogP contribution in [0.3, 0.4) is 0 Å². The Morgan fingerprint density at radius 3 is 2.74 bits per heavy atom. The van der Waals surface area contributed by atoms with Crippen molar-refractivity contribution < 1.29 is 14.3 Å². The van der Waals surface area contributed by atoms with Gasteiger partial charge in [-0.1, -0.05) is 13.8 Å². The third kappa shape index (κ3) is 4.87. The molecular formula is C21H31N3O3. The summed E-state index contributed by atoms with van der Waals surface area (Å²) in [7, 11) is 1.65. The van der Waals surface area contributed by atoms with E-state index in [0.717, 1.165) is 43.7 Å². The molecule has 27 heavy (non-hydrogen) atoms. The van der Waals surface area contributed by atoms with Gasteiger partial charge >= 0.3 is 0 Å². The number of ether oxygens (including phenoxy) is 2. The molecule has 0 aliphatic heterocycles. The van der Waals surface area contributed by atoms with Crippen LogP contribution in [-0.2, 0) is 16.1 Å². The summed E-state index contributed by atoms with van der Waals surface area (Å²) in [5.74, 6) is 0.509. The van der Waals surface area contributed by atoms with E-state index in [0.29, 0.717) is 29.8 Å². The van der Waals surface area contributed by atoms with Crippen molar-refractivity contribution >= 4 is 11.6 Å². The predicted octanol–water partition coefficient (Wildman–Crippen LogP) is 3.50. The van der Waals surface area contributed by atoms with Crippen LogP contribution in [0, 0.1) is 12.8 Å². The predicted molar refractivity (Wildman–Crippen MR) is 105 cm³/mol. The van der Waals surface area contributed by atoms with Gasteiger partial charge in [0, 0.05) is 31.6 Å². The Morgan fingerprint density at radius 2 is 2.07 bits per heavy atom. The smallest absolute Gasteiger partial charge is 0.255 e. The first-order valence-electron chi connectivity index (χ1n) is 9.87. The minimum atomic E-state index is -0.0504. The Balaban J connectivity index is 1.63. The van der Waals surface area contributed by atoms with Gasteiger partial charge < -0.3 is 19.2 Å². The molecule has 0 spiro atoms. The molecule has 1 fully saturated rings. The summed E-state index contributed by atoms with van der Waals surface area (Å²) in [6, 6.07) is 4.03. The van der Waals surface area contributed by atoms with Gasteiger partial charge in [-0.25, -0.2) is 4.98 Å². The molecule has 1 saturated carbocycles. The van der Waals surface area contributed by atoms with Gasteiger partial charge in [0.25, 0.3) is 5.91 Å². The lowest BCUT2D eigenvalue weighted by atomic mass is 9.92. The summed E-state index contributed by atoms with van der Waals surface area (Å²) < 4.78 is 13.1. The normalized spacial score (nSPS) is 20.3. The molecule has 6 heteroatoms. The first-order valence-corrected chi connectivity index (χ1v) is 9.87. The number of methoxy groups -OCH3 is 1. The van der Waals surface area contributed by atoms with Crippen LogP contribution in [-0.4, -0.2) is 41.2 Å². The van der Waals surface area contributed by atoms with Crippen LogP contribution < -0.4 is 5.32 Å². The van der Waals surface area contributed by atoms with Crippen molar-refractivity contribution in [2.45, 2.75) is 65.2 Å². The van der Waals surface area contributed by atoms with Crippen LogP contribution in [0.5, 0.6) is 0 Å². The van der Waals surface area contributed by atoms with Crippen LogP contribution >= 0.6 is 0 Å². The number of carbonyl (C=O) groups is 1. The third-order valence-corrected chi connectivity index (χ3v) is 5.08. The lowest BCUT2D eigenvalue weighted by molar-refractivity contribution is 0.00860. The Labute approximate surface area is 161 Å². The SMILES string of the molecule is COCc1cc(C)n2ccc(C(=O)N[C@H]3CC[C@H](OCC(C)C)CC3)c2n1. The second-order valence-corrected chi connectivity index (χ2v) is 7.92. The van der Waals surface area contributed by atoms with Gasteiger partial charge in [0.2, 0.25) is 0 Å². The van der Waals surface area contributed by atoms with Crippen LogP contribution in [0.15, 0.2) is 18.3 Å². The van der Waals surface area contributed by atoms with E-state index in [2.05, 4.69) is 24.1 Å². The topological polar surface area (TPSA) is 64.9 Å². The summed E-state index contributed by atoms with van der Waals surface area (Å²) in [6.07, 6.45) is 6.16. The van der Waals surface area contributed by atoms with Crippen molar-refractivity contribution in [2.75, 3.05) is 13.7 Å². The fraction of sp³-hybridized carbons (Fsp3) is 0.619. The summed E-state index contributed by atoms with van der Waals surface area (Å²) in [6.45, 7) is 7.59. The van der Waals surface area contributed by atoms with Gasteiger partial charge in [0.05, 0.1) is 24.0 Å². The number of nitrogens with one attached hydrogen (secondary N) is 1. The number of hydrogen-bond donors (Lipinski definition) is 1. The molecule has 2 aromatic heterocycles. The minimum absolute atomic E-state index is 0.0504. The number of aryl methyl sites for hydroxylation is 1. The Kier molecular flexibility index (Phi) is 6.50. The van der Waals surface area contributed by atoms with Crippen molar-refractivity contribution in [1.82, 2.24) is 14.7 Å². The quantitative estimate of drug-likeness (QED) is 0.807. The number of carbonyl (C=O) groups excluding carboxylic acids is 1. The molecule has 1 N–H and O–H groups in total. The fourth-order valence-corrected chi connectivity index (χ4v) is 3.67. The molecule has 1 aliphatic carbocycles. The summed E-state index contributed by atoms with van der Waals surface area (Å²) in [5.41, 5.74) is 3.18. The number of amides is 1. The number of aromatic nitrogens is 2. The number of hydrogen-bond acceptors (Lipinski definition) is 4. The molecule has 0 aromatic carbocycles. The summed E-state index contributed by atoms with van der Waals surface area (Å²) in [4.78, 5) is 17.4. The Morgan fingerprint density at radius 1 is 1.33 bits per heavy atom. The van der Waals surface area contributed by atoms with Crippen LogP contribution in [0.25, 0.3) is 5.65 Å². The maximum absolute atomic E-state index is 12.8. The highest BCUT2D eigenvalue weighted by atomic mass is 16.5. The van der Waals surface area contributed by atoms with E-state index >= 15 is 0 Å². The maximum atomic E-state index is 12.8. The molecule has 148 valence electrons. The zero-order chi connectivity index (χ0) is 19.4. The fourth-order valence-electron chi connectivity index (χ4n) is 3.67. The maximum Gasteiger partial charge on any atom is 0.255 e. The molecule has 1 aliphatic rings. The number of fused-ring (bicyclic) bond motifs is 1. The van der Waals surface area contributed by atoms with Crippen molar-refractivity contribution in [3.8, 4) is 0 Å². The number of nitrogens with zero attached hydrogens (tertiary/aromatic N) is 2. The minimum Gasteiger partial charge on any atom is -0.378 e. The second kappa shape index (κ2) is 8.85. The summed E-state index contributed by atoms with van der Waals surface area (Å²) in [5, 5.41) is 3.19. The highest BCUT2D eigenvalue weighted by Gasteiger charge is 2.24. The van der Waals surface area contributed by atoms with E-state index in [1.54, 1.807) is 7.11 Å². The van der Waals surface area contributed by atoms with Crippen molar-refractivity contribution in [3.63, 3.8) is 0 Å². The molecule has 0 unspecified atom stereocenters. The van der Waals surface area contributed by atoms with Gasteiger partial charge in [-0.3, -0.25) is 4.79 Å². The molecular weight excluding hydrogens is 342 g/mol. The molecule has 3 rings (SSSR count). The van der Waals surface area contributed by atoms with E-state index in [9.17, 15) is 4.79 Å². The molecule has 0 bridgehead atoms. The van der Waals surface area contributed by atoms with Crippen molar-refractivity contribution in [3.05, 3.63) is 35.3 Å². The molecule has 0 saturated heterocycles. The zero-order valence-electron chi connectivity index (χ0n) is 16.8. The number of rotatable bonds is 7. The van der Waals surface area contributed by atoms with Crippen molar-refractivity contribution in [2.24, 2.45) is 5.92 Å². The van der Waals surface area contributed by atoms with E-state index in [1.165, 1.54) is 0 Å². The average molecular weight is 373 g/mol. The van der Waals surface area contributed by atoms with E-state index in [-0.39, 0.29) is 11.9 Å². The Hall–Kier alpha value is -1.92. The van der Waals surface area contributed by atoms with E-state index < -0.39 is 0 Å². The van der Waals surface area contributed by atoms with Gasteiger partial charge in [-0.15, -0.1) is 0 Å².